The maximum atomic E-state index is 12.1. The lowest BCUT2D eigenvalue weighted by Gasteiger charge is -2.26. The van der Waals surface area contributed by atoms with Gasteiger partial charge >= 0.3 is 0 Å². The number of nitrogens with zero attached hydrogens (tertiary/aromatic N) is 6. The minimum atomic E-state index is -0.128. The zero-order chi connectivity index (χ0) is 16.7. The first-order valence-electron chi connectivity index (χ1n) is 7.93. The van der Waals surface area contributed by atoms with Crippen LogP contribution in [0, 0.1) is 11.3 Å². The number of H-pyrrole nitrogens is 1. The van der Waals surface area contributed by atoms with Gasteiger partial charge in [0.05, 0.1) is 18.3 Å². The topological polar surface area (TPSA) is 93.8 Å². The van der Waals surface area contributed by atoms with Gasteiger partial charge in [-0.05, 0) is 12.5 Å². The van der Waals surface area contributed by atoms with Crippen molar-refractivity contribution in [1.29, 1.82) is 5.26 Å². The number of rotatable bonds is 3. The summed E-state index contributed by atoms with van der Waals surface area (Å²) in [5.74, 6) is -0.128. The number of aromatic amines is 1. The number of hydrogen-bond acceptors (Lipinski definition) is 5. The van der Waals surface area contributed by atoms with Crippen LogP contribution in [0.25, 0.3) is 22.1 Å². The Labute approximate surface area is 138 Å². The maximum Gasteiger partial charge on any atom is 0.238 e. The number of carbonyl (C=O) groups excluding carboxylic acids is 1. The van der Waals surface area contributed by atoms with Crippen LogP contribution in [0.3, 0.4) is 0 Å². The Morgan fingerprint density at radius 1 is 1.50 bits per heavy atom. The Kier molecular flexibility index (Phi) is 3.34. The molecule has 3 aromatic rings. The first-order valence-corrected chi connectivity index (χ1v) is 7.93. The third-order valence-electron chi connectivity index (χ3n) is 4.57. The molecule has 1 fully saturated rings. The number of aromatic nitrogens is 4. The molecule has 1 aliphatic rings. The Bertz CT molecular complexity index is 950. The SMILES string of the molecule is CC[C@@H]1CN(C(=O)CC#N)CN1n1cnc2cnc3[nH]ccc3c21. The fourth-order valence-electron chi connectivity index (χ4n) is 3.33. The molecule has 0 unspecified atom stereocenters. The van der Waals surface area contributed by atoms with Gasteiger partial charge in [-0.2, -0.15) is 5.26 Å². The van der Waals surface area contributed by atoms with E-state index in [1.807, 2.05) is 23.0 Å². The second-order valence-corrected chi connectivity index (χ2v) is 5.92. The van der Waals surface area contributed by atoms with E-state index in [9.17, 15) is 4.79 Å². The largest absolute Gasteiger partial charge is 0.346 e. The van der Waals surface area contributed by atoms with Crippen LogP contribution in [0.2, 0.25) is 0 Å². The molecule has 122 valence electrons. The lowest BCUT2D eigenvalue weighted by Crippen LogP contribution is -2.40. The lowest BCUT2D eigenvalue weighted by molar-refractivity contribution is -0.129. The van der Waals surface area contributed by atoms with Gasteiger partial charge in [0.2, 0.25) is 5.91 Å². The monoisotopic (exact) mass is 323 g/mol. The van der Waals surface area contributed by atoms with E-state index >= 15 is 0 Å². The molecule has 1 N–H and O–H groups in total. The normalized spacial score (nSPS) is 17.8. The molecule has 4 rings (SSSR count). The number of nitriles is 1. The van der Waals surface area contributed by atoms with Gasteiger partial charge in [0.15, 0.2) is 0 Å². The van der Waals surface area contributed by atoms with Crippen molar-refractivity contribution in [3.05, 3.63) is 24.8 Å². The number of fused-ring (bicyclic) bond motifs is 3. The molecule has 0 spiro atoms. The first-order chi connectivity index (χ1) is 11.7. The van der Waals surface area contributed by atoms with Crippen LogP contribution in [0.4, 0.5) is 0 Å². The second kappa shape index (κ2) is 5.53. The Balaban J connectivity index is 1.77. The molecule has 0 bridgehead atoms. The molecule has 8 heteroatoms. The van der Waals surface area contributed by atoms with Crippen LogP contribution >= 0.6 is 0 Å². The summed E-state index contributed by atoms with van der Waals surface area (Å²) in [6.45, 7) is 3.18. The molecular weight excluding hydrogens is 306 g/mol. The average Bonchev–Trinajstić information content (AvgIpc) is 3.30. The quantitative estimate of drug-likeness (QED) is 0.785. The summed E-state index contributed by atoms with van der Waals surface area (Å²) in [7, 11) is 0. The van der Waals surface area contributed by atoms with Crippen LogP contribution in [-0.4, -0.2) is 49.7 Å². The van der Waals surface area contributed by atoms with E-state index in [0.717, 1.165) is 28.5 Å². The minimum Gasteiger partial charge on any atom is -0.346 e. The van der Waals surface area contributed by atoms with Gasteiger partial charge in [-0.3, -0.25) is 9.80 Å². The highest BCUT2D eigenvalue weighted by atomic mass is 16.2. The number of imidazole rings is 1. The summed E-state index contributed by atoms with van der Waals surface area (Å²) in [6.07, 6.45) is 6.21. The predicted molar refractivity (Wildman–Crippen MR) is 88.5 cm³/mol. The highest BCUT2D eigenvalue weighted by molar-refractivity contribution is 6.01. The van der Waals surface area contributed by atoms with E-state index in [0.29, 0.717) is 13.2 Å². The molecule has 0 aromatic carbocycles. The molecule has 1 amide bonds. The molecule has 3 aromatic heterocycles. The molecule has 0 saturated carbocycles. The van der Waals surface area contributed by atoms with Crippen LogP contribution in [0.15, 0.2) is 24.8 Å². The van der Waals surface area contributed by atoms with E-state index in [1.165, 1.54) is 0 Å². The zero-order valence-electron chi connectivity index (χ0n) is 13.3. The van der Waals surface area contributed by atoms with E-state index < -0.39 is 0 Å². The van der Waals surface area contributed by atoms with Crippen molar-refractivity contribution in [2.45, 2.75) is 25.8 Å². The van der Waals surface area contributed by atoms with E-state index in [2.05, 4.69) is 26.9 Å². The summed E-state index contributed by atoms with van der Waals surface area (Å²) in [5, 5.41) is 11.9. The standard InChI is InChI=1S/C16H17N7O/c1-2-11-8-21(14(24)3-5-17)10-23(11)22-9-20-13-7-19-16-12(15(13)22)4-6-18-16/h4,6-7,9,11H,2-3,8,10H2,1H3,(H,18,19)/t11-/m1/s1. The number of hydrogen-bond donors (Lipinski definition) is 1. The van der Waals surface area contributed by atoms with Gasteiger partial charge in [0, 0.05) is 18.1 Å². The maximum absolute atomic E-state index is 12.1. The van der Waals surface area contributed by atoms with Gasteiger partial charge in [0.1, 0.15) is 36.1 Å². The third-order valence-corrected chi connectivity index (χ3v) is 4.57. The molecule has 8 nitrogen and oxygen atoms in total. The van der Waals surface area contributed by atoms with Gasteiger partial charge in [-0.1, -0.05) is 6.92 Å². The third kappa shape index (κ3) is 2.09. The fourth-order valence-corrected chi connectivity index (χ4v) is 3.33. The molecule has 4 heterocycles. The smallest absolute Gasteiger partial charge is 0.238 e. The lowest BCUT2D eigenvalue weighted by atomic mass is 10.2. The van der Waals surface area contributed by atoms with Gasteiger partial charge in [-0.15, -0.1) is 0 Å². The van der Waals surface area contributed by atoms with E-state index in [4.69, 9.17) is 5.26 Å². The fraction of sp³-hybridized carbons (Fsp3) is 0.375. The van der Waals surface area contributed by atoms with Gasteiger partial charge < -0.3 is 9.88 Å². The first kappa shape index (κ1) is 14.5. The molecule has 1 saturated heterocycles. The van der Waals surface area contributed by atoms with Gasteiger partial charge in [0.25, 0.3) is 0 Å². The molecule has 24 heavy (non-hydrogen) atoms. The van der Waals surface area contributed by atoms with Crippen molar-refractivity contribution in [2.75, 3.05) is 18.2 Å². The summed E-state index contributed by atoms with van der Waals surface area (Å²) >= 11 is 0. The number of nitrogens with one attached hydrogen (secondary N) is 1. The average molecular weight is 323 g/mol. The molecule has 1 aliphatic heterocycles. The molecule has 1 atom stereocenters. The molecule has 0 radical (unpaired) electrons. The summed E-state index contributed by atoms with van der Waals surface area (Å²) in [5.41, 5.74) is 2.61. The Morgan fingerprint density at radius 2 is 2.38 bits per heavy atom. The highest BCUT2D eigenvalue weighted by Gasteiger charge is 2.33. The van der Waals surface area contributed by atoms with Crippen molar-refractivity contribution < 1.29 is 4.79 Å². The second-order valence-electron chi connectivity index (χ2n) is 5.92. The minimum absolute atomic E-state index is 0.0824. The predicted octanol–water partition coefficient (Wildman–Crippen LogP) is 1.34. The van der Waals surface area contributed by atoms with Crippen LogP contribution in [0.1, 0.15) is 19.8 Å². The molecular formula is C16H17N7O. The van der Waals surface area contributed by atoms with Crippen molar-refractivity contribution in [3.63, 3.8) is 0 Å². The molecule has 0 aliphatic carbocycles. The summed E-state index contributed by atoms with van der Waals surface area (Å²) < 4.78 is 2.01. The van der Waals surface area contributed by atoms with E-state index in [1.54, 1.807) is 17.4 Å². The van der Waals surface area contributed by atoms with Crippen LogP contribution < -0.4 is 5.01 Å². The Morgan fingerprint density at radius 3 is 3.17 bits per heavy atom. The van der Waals surface area contributed by atoms with Crippen LogP contribution in [-0.2, 0) is 4.79 Å². The zero-order valence-corrected chi connectivity index (χ0v) is 13.3. The van der Waals surface area contributed by atoms with Crippen LogP contribution in [0.5, 0.6) is 0 Å². The Hall–Kier alpha value is -3.08. The summed E-state index contributed by atoms with van der Waals surface area (Å²) in [4.78, 5) is 25.8. The van der Waals surface area contributed by atoms with Crippen molar-refractivity contribution >= 4 is 28.0 Å². The van der Waals surface area contributed by atoms with Crippen molar-refractivity contribution in [3.8, 4) is 6.07 Å². The number of pyridine rings is 1. The summed E-state index contributed by atoms with van der Waals surface area (Å²) in [6, 6.07) is 4.11. The number of carbonyl (C=O) groups is 1. The van der Waals surface area contributed by atoms with Gasteiger partial charge in [-0.25, -0.2) is 14.6 Å². The highest BCUT2D eigenvalue weighted by Crippen LogP contribution is 2.25. The van der Waals surface area contributed by atoms with E-state index in [-0.39, 0.29) is 18.4 Å². The van der Waals surface area contributed by atoms with Crippen molar-refractivity contribution in [1.82, 2.24) is 24.5 Å². The number of amides is 1. The van der Waals surface area contributed by atoms with Crippen molar-refractivity contribution in [2.24, 2.45) is 0 Å².